The van der Waals surface area contributed by atoms with E-state index in [1.165, 1.54) is 40.9 Å². The number of hydrogen-bond acceptors (Lipinski definition) is 8. The molecule has 0 fully saturated rings. The van der Waals surface area contributed by atoms with Gasteiger partial charge in [0.15, 0.2) is 17.8 Å². The van der Waals surface area contributed by atoms with Crippen molar-refractivity contribution in [1.29, 1.82) is 0 Å². The highest BCUT2D eigenvalue weighted by molar-refractivity contribution is 7.12. The molecule has 0 spiro atoms. The molecule has 28 heavy (non-hydrogen) atoms. The molecule has 0 aliphatic heterocycles. The van der Waals surface area contributed by atoms with Gasteiger partial charge >= 0.3 is 11.7 Å². The monoisotopic (exact) mass is 405 g/mol. The standard InChI is InChI=1S/C16H15N5O6S/c1-19-13-12(15(25)20(2)16(19)26)21(8-17-13)6-11(23)27-7-10(22)18-14(24)9-4-3-5-28-9/h3-5,8H,6-7H2,1-2H3,(H,18,22,24). The van der Waals surface area contributed by atoms with Crippen molar-refractivity contribution in [2.75, 3.05) is 6.61 Å². The van der Waals surface area contributed by atoms with Gasteiger partial charge in [0.25, 0.3) is 17.4 Å². The Bertz CT molecular complexity index is 1190. The number of thiophene rings is 1. The van der Waals surface area contributed by atoms with Crippen LogP contribution in [-0.4, -0.2) is 43.1 Å². The van der Waals surface area contributed by atoms with Crippen LogP contribution in [0, 0.1) is 0 Å². The molecule has 1 N–H and O–H groups in total. The van der Waals surface area contributed by atoms with Gasteiger partial charge in [-0.05, 0) is 11.4 Å². The average Bonchev–Trinajstić information content (AvgIpc) is 3.33. The maximum atomic E-state index is 12.3. The Morgan fingerprint density at radius 1 is 1.21 bits per heavy atom. The summed E-state index contributed by atoms with van der Waals surface area (Å²) in [6.07, 6.45) is 1.23. The number of imidazole rings is 1. The summed E-state index contributed by atoms with van der Waals surface area (Å²) < 4.78 is 8.15. The van der Waals surface area contributed by atoms with Crippen molar-refractivity contribution in [1.82, 2.24) is 24.0 Å². The quantitative estimate of drug-likeness (QED) is 0.538. The van der Waals surface area contributed by atoms with Crippen molar-refractivity contribution in [3.05, 3.63) is 49.6 Å². The Labute approximate surface area is 160 Å². The molecule has 3 aromatic rings. The lowest BCUT2D eigenvalue weighted by Crippen LogP contribution is -2.38. The first-order chi connectivity index (χ1) is 13.3. The van der Waals surface area contributed by atoms with Crippen molar-refractivity contribution in [2.24, 2.45) is 14.1 Å². The number of fused-ring (bicyclic) bond motifs is 1. The number of amides is 2. The van der Waals surface area contributed by atoms with Gasteiger partial charge in [0.2, 0.25) is 0 Å². The maximum absolute atomic E-state index is 12.3. The number of carbonyl (C=O) groups is 3. The van der Waals surface area contributed by atoms with Gasteiger partial charge in [-0.1, -0.05) is 6.07 Å². The highest BCUT2D eigenvalue weighted by atomic mass is 32.1. The zero-order chi connectivity index (χ0) is 20.4. The molecule has 11 nitrogen and oxygen atoms in total. The molecule has 3 heterocycles. The van der Waals surface area contributed by atoms with Crippen LogP contribution < -0.4 is 16.6 Å². The van der Waals surface area contributed by atoms with Crippen molar-refractivity contribution < 1.29 is 19.1 Å². The van der Waals surface area contributed by atoms with Crippen LogP contribution in [0.15, 0.2) is 33.4 Å². The van der Waals surface area contributed by atoms with Gasteiger partial charge in [-0.2, -0.15) is 0 Å². The normalized spacial score (nSPS) is 10.8. The minimum atomic E-state index is -0.811. The summed E-state index contributed by atoms with van der Waals surface area (Å²) in [5.74, 6) is -2.17. The van der Waals surface area contributed by atoms with Crippen LogP contribution in [0.1, 0.15) is 9.67 Å². The van der Waals surface area contributed by atoms with Crippen molar-refractivity contribution >= 4 is 40.3 Å². The van der Waals surface area contributed by atoms with E-state index in [9.17, 15) is 24.0 Å². The van der Waals surface area contributed by atoms with Gasteiger partial charge in [-0.3, -0.25) is 33.6 Å². The van der Waals surface area contributed by atoms with E-state index in [-0.39, 0.29) is 11.2 Å². The first-order valence-electron chi connectivity index (χ1n) is 7.93. The predicted octanol–water partition coefficient (Wildman–Crippen LogP) is -1.00. The van der Waals surface area contributed by atoms with Gasteiger partial charge in [0.05, 0.1) is 11.2 Å². The van der Waals surface area contributed by atoms with Crippen LogP contribution in [0.5, 0.6) is 0 Å². The third-order valence-corrected chi connectivity index (χ3v) is 4.75. The number of aromatic nitrogens is 4. The molecule has 0 atom stereocenters. The lowest BCUT2D eigenvalue weighted by molar-refractivity contribution is -0.148. The van der Waals surface area contributed by atoms with Gasteiger partial charge in [-0.25, -0.2) is 9.78 Å². The van der Waals surface area contributed by atoms with Crippen molar-refractivity contribution in [3.63, 3.8) is 0 Å². The number of nitrogens with one attached hydrogen (secondary N) is 1. The van der Waals surface area contributed by atoms with E-state index in [0.717, 1.165) is 4.57 Å². The lowest BCUT2D eigenvalue weighted by Gasteiger charge is -2.07. The van der Waals surface area contributed by atoms with E-state index in [4.69, 9.17) is 4.74 Å². The number of hydrogen-bond donors (Lipinski definition) is 1. The molecule has 0 radical (unpaired) electrons. The molecule has 3 rings (SSSR count). The van der Waals surface area contributed by atoms with Crippen molar-refractivity contribution in [3.8, 4) is 0 Å². The number of nitrogens with zero attached hydrogens (tertiary/aromatic N) is 4. The summed E-state index contributed by atoms with van der Waals surface area (Å²) in [6.45, 7) is -1.05. The van der Waals surface area contributed by atoms with E-state index in [1.807, 2.05) is 0 Å². The third kappa shape index (κ3) is 3.62. The molecule has 0 aliphatic carbocycles. The summed E-state index contributed by atoms with van der Waals surface area (Å²) in [4.78, 5) is 64.0. The van der Waals surface area contributed by atoms with Gasteiger partial charge < -0.3 is 9.30 Å². The van der Waals surface area contributed by atoms with Crippen LogP contribution in [0.4, 0.5) is 0 Å². The highest BCUT2D eigenvalue weighted by Gasteiger charge is 2.18. The van der Waals surface area contributed by atoms with Crippen LogP contribution in [-0.2, 0) is 35.0 Å². The Balaban J connectivity index is 1.66. The zero-order valence-corrected chi connectivity index (χ0v) is 15.7. The SMILES string of the molecule is Cn1c(=O)c2c(ncn2CC(=O)OCC(=O)NC(=O)c2cccs2)n(C)c1=O. The van der Waals surface area contributed by atoms with Crippen LogP contribution in [0.2, 0.25) is 0 Å². The Kier molecular flexibility index (Phi) is 5.22. The summed E-state index contributed by atoms with van der Waals surface area (Å²) >= 11 is 1.17. The van der Waals surface area contributed by atoms with Crippen LogP contribution >= 0.6 is 11.3 Å². The first-order valence-corrected chi connectivity index (χ1v) is 8.81. The summed E-state index contributed by atoms with van der Waals surface area (Å²) in [5.41, 5.74) is -0.973. The smallest absolute Gasteiger partial charge is 0.332 e. The van der Waals surface area contributed by atoms with E-state index in [0.29, 0.717) is 4.88 Å². The molecule has 2 amide bonds. The number of ether oxygens (including phenoxy) is 1. The van der Waals surface area contributed by atoms with Crippen molar-refractivity contribution in [2.45, 2.75) is 6.54 Å². The van der Waals surface area contributed by atoms with Crippen LogP contribution in [0.3, 0.4) is 0 Å². The fourth-order valence-electron chi connectivity index (χ4n) is 2.48. The maximum Gasteiger partial charge on any atom is 0.332 e. The molecule has 0 aliphatic rings. The molecule has 3 aromatic heterocycles. The van der Waals surface area contributed by atoms with Gasteiger partial charge in [-0.15, -0.1) is 11.3 Å². The molecule has 0 saturated carbocycles. The Hall–Kier alpha value is -3.54. The van der Waals surface area contributed by atoms with E-state index >= 15 is 0 Å². The van der Waals surface area contributed by atoms with Gasteiger partial charge in [0.1, 0.15) is 6.54 Å². The van der Waals surface area contributed by atoms with E-state index < -0.39 is 42.2 Å². The predicted molar refractivity (Wildman–Crippen MR) is 98.0 cm³/mol. The Morgan fingerprint density at radius 3 is 2.64 bits per heavy atom. The highest BCUT2D eigenvalue weighted by Crippen LogP contribution is 2.08. The number of carbonyl (C=O) groups excluding carboxylic acids is 3. The van der Waals surface area contributed by atoms with Gasteiger partial charge in [0, 0.05) is 14.1 Å². The van der Waals surface area contributed by atoms with E-state index in [1.54, 1.807) is 17.5 Å². The second-order valence-electron chi connectivity index (χ2n) is 5.77. The first kappa shape index (κ1) is 19.2. The molecule has 0 bridgehead atoms. The lowest BCUT2D eigenvalue weighted by atomic mass is 10.4. The summed E-state index contributed by atoms with van der Waals surface area (Å²) in [5, 5.41) is 3.79. The zero-order valence-electron chi connectivity index (χ0n) is 14.9. The molecule has 12 heteroatoms. The fourth-order valence-corrected chi connectivity index (χ4v) is 3.10. The minimum absolute atomic E-state index is 0.0545. The molecule has 146 valence electrons. The molecular weight excluding hydrogens is 390 g/mol. The average molecular weight is 405 g/mol. The second-order valence-corrected chi connectivity index (χ2v) is 6.71. The number of rotatable bonds is 5. The fraction of sp³-hybridized carbons (Fsp3) is 0.250. The Morgan fingerprint density at radius 2 is 1.96 bits per heavy atom. The third-order valence-electron chi connectivity index (χ3n) is 3.88. The molecule has 0 unspecified atom stereocenters. The largest absolute Gasteiger partial charge is 0.454 e. The number of aryl methyl sites for hydroxylation is 1. The molecular formula is C16H15N5O6S. The van der Waals surface area contributed by atoms with Crippen LogP contribution in [0.25, 0.3) is 11.2 Å². The second kappa shape index (κ2) is 7.60. The molecule has 0 saturated heterocycles. The molecule has 0 aromatic carbocycles. The minimum Gasteiger partial charge on any atom is -0.454 e. The number of imide groups is 1. The summed E-state index contributed by atoms with van der Waals surface area (Å²) in [6, 6.07) is 3.22. The number of esters is 1. The van der Waals surface area contributed by atoms with E-state index in [2.05, 4.69) is 10.3 Å². The summed E-state index contributed by atoms with van der Waals surface area (Å²) in [7, 11) is 2.77. The topological polar surface area (TPSA) is 134 Å².